The highest BCUT2D eigenvalue weighted by atomic mass is 16.5. The second kappa shape index (κ2) is 7.79. The van der Waals surface area contributed by atoms with Crippen molar-refractivity contribution in [2.75, 3.05) is 44.7 Å². The first-order chi connectivity index (χ1) is 13.1. The van der Waals surface area contributed by atoms with Crippen molar-refractivity contribution >= 4 is 5.69 Å². The van der Waals surface area contributed by atoms with Crippen LogP contribution in [0.5, 0.6) is 11.5 Å². The highest BCUT2D eigenvalue weighted by molar-refractivity contribution is 5.58. The Morgan fingerprint density at radius 2 is 1.93 bits per heavy atom. The maximum Gasteiger partial charge on any atom is 0.142 e. The average molecular weight is 368 g/mol. The molecule has 2 unspecified atom stereocenters. The number of hydrogen-bond acceptors (Lipinski definition) is 5. The molecule has 0 bridgehead atoms. The number of nitrogens with zero attached hydrogens (tertiary/aromatic N) is 2. The zero-order chi connectivity index (χ0) is 18.8. The van der Waals surface area contributed by atoms with E-state index in [0.29, 0.717) is 6.54 Å². The summed E-state index contributed by atoms with van der Waals surface area (Å²) >= 11 is 0. The van der Waals surface area contributed by atoms with Crippen LogP contribution in [0.15, 0.2) is 42.5 Å². The van der Waals surface area contributed by atoms with Crippen molar-refractivity contribution in [3.63, 3.8) is 0 Å². The Morgan fingerprint density at radius 3 is 2.70 bits per heavy atom. The van der Waals surface area contributed by atoms with E-state index in [1.807, 2.05) is 30.3 Å². The predicted octanol–water partition coefficient (Wildman–Crippen LogP) is 2.87. The number of para-hydroxylation sites is 2. The molecular formula is C22H28N2O3. The van der Waals surface area contributed by atoms with Crippen LogP contribution in [0.25, 0.3) is 0 Å². The Morgan fingerprint density at radius 1 is 1.15 bits per heavy atom. The molecule has 5 nitrogen and oxygen atoms in total. The number of methoxy groups -OCH3 is 1. The van der Waals surface area contributed by atoms with Gasteiger partial charge in [-0.05, 0) is 42.3 Å². The van der Waals surface area contributed by atoms with Gasteiger partial charge < -0.3 is 19.5 Å². The summed E-state index contributed by atoms with van der Waals surface area (Å²) in [4.78, 5) is 4.69. The maximum atomic E-state index is 10.7. The molecule has 0 saturated carbocycles. The smallest absolute Gasteiger partial charge is 0.142 e. The van der Waals surface area contributed by atoms with Crippen molar-refractivity contribution in [3.8, 4) is 11.5 Å². The molecule has 2 atom stereocenters. The lowest BCUT2D eigenvalue weighted by Gasteiger charge is -2.37. The van der Waals surface area contributed by atoms with Gasteiger partial charge in [-0.2, -0.15) is 0 Å². The second-order valence-corrected chi connectivity index (χ2v) is 7.48. The molecule has 0 amide bonds. The molecule has 27 heavy (non-hydrogen) atoms. The third-order valence-electron chi connectivity index (χ3n) is 5.53. The topological polar surface area (TPSA) is 45.2 Å². The van der Waals surface area contributed by atoms with Crippen molar-refractivity contribution in [3.05, 3.63) is 53.6 Å². The van der Waals surface area contributed by atoms with E-state index in [1.165, 1.54) is 5.56 Å². The van der Waals surface area contributed by atoms with Crippen LogP contribution in [-0.2, 0) is 6.42 Å². The third kappa shape index (κ3) is 3.89. The van der Waals surface area contributed by atoms with Gasteiger partial charge in [-0.15, -0.1) is 0 Å². The minimum absolute atomic E-state index is 0.232. The molecule has 5 heteroatoms. The number of hydrogen-bond donors (Lipinski definition) is 1. The van der Waals surface area contributed by atoms with Gasteiger partial charge in [-0.1, -0.05) is 18.2 Å². The first-order valence-electron chi connectivity index (χ1n) is 9.72. The van der Waals surface area contributed by atoms with Gasteiger partial charge >= 0.3 is 0 Å². The number of aliphatic hydroxyl groups excluding tert-OH is 1. The molecule has 144 valence electrons. The van der Waals surface area contributed by atoms with E-state index in [1.54, 1.807) is 7.11 Å². The maximum absolute atomic E-state index is 10.7. The molecule has 0 radical (unpaired) electrons. The van der Waals surface area contributed by atoms with E-state index >= 15 is 0 Å². The fourth-order valence-electron chi connectivity index (χ4n) is 4.06. The summed E-state index contributed by atoms with van der Waals surface area (Å²) in [6, 6.07) is 14.3. The first-order valence-corrected chi connectivity index (χ1v) is 9.72. The molecule has 0 aliphatic carbocycles. The lowest BCUT2D eigenvalue weighted by atomic mass is 10.0. The van der Waals surface area contributed by atoms with Gasteiger partial charge in [0, 0.05) is 39.1 Å². The molecule has 2 aliphatic heterocycles. The number of rotatable bonds is 5. The van der Waals surface area contributed by atoms with Crippen molar-refractivity contribution in [1.29, 1.82) is 0 Å². The van der Waals surface area contributed by atoms with E-state index < -0.39 is 6.10 Å². The Kier molecular flexibility index (Phi) is 5.23. The zero-order valence-electron chi connectivity index (χ0n) is 16.1. The van der Waals surface area contributed by atoms with E-state index in [2.05, 4.69) is 28.9 Å². The molecule has 1 saturated heterocycles. The second-order valence-electron chi connectivity index (χ2n) is 7.48. The van der Waals surface area contributed by atoms with Crippen LogP contribution >= 0.6 is 0 Å². The van der Waals surface area contributed by atoms with Gasteiger partial charge in [0.2, 0.25) is 0 Å². The van der Waals surface area contributed by atoms with Crippen LogP contribution in [-0.4, -0.2) is 55.9 Å². The van der Waals surface area contributed by atoms with Gasteiger partial charge in [0.15, 0.2) is 0 Å². The SMILES string of the molecule is COc1ccccc1N1CCN(CC(O)c2ccc3c(c2)CC(C)O3)CC1. The summed E-state index contributed by atoms with van der Waals surface area (Å²) in [7, 11) is 1.72. The first kappa shape index (κ1) is 18.1. The van der Waals surface area contributed by atoms with E-state index in [9.17, 15) is 5.11 Å². The van der Waals surface area contributed by atoms with Crippen LogP contribution in [0.1, 0.15) is 24.2 Å². The highest BCUT2D eigenvalue weighted by Crippen LogP contribution is 2.32. The Bertz CT molecular complexity index is 787. The van der Waals surface area contributed by atoms with Crippen molar-refractivity contribution < 1.29 is 14.6 Å². The van der Waals surface area contributed by atoms with Gasteiger partial charge in [-0.3, -0.25) is 4.90 Å². The quantitative estimate of drug-likeness (QED) is 0.879. The lowest BCUT2D eigenvalue weighted by molar-refractivity contribution is 0.109. The summed E-state index contributed by atoms with van der Waals surface area (Å²) in [5.74, 6) is 1.88. The van der Waals surface area contributed by atoms with Crippen LogP contribution in [0.3, 0.4) is 0 Å². The number of β-amino-alcohol motifs (C(OH)–C–C–N with tert-alkyl or cyclic N) is 1. The fraction of sp³-hybridized carbons (Fsp3) is 0.455. The Labute approximate surface area is 161 Å². The minimum atomic E-state index is -0.469. The number of aliphatic hydroxyl groups is 1. The zero-order valence-corrected chi connectivity index (χ0v) is 16.1. The highest BCUT2D eigenvalue weighted by Gasteiger charge is 2.24. The number of ether oxygens (including phenoxy) is 2. The summed E-state index contributed by atoms with van der Waals surface area (Å²) in [6.45, 7) is 6.47. The standard InChI is InChI=1S/C22H28N2O3/c1-16-13-18-14-17(7-8-21(18)27-16)20(25)15-23-9-11-24(12-10-23)19-5-3-4-6-22(19)26-2/h3-8,14,16,20,25H,9-13,15H2,1-2H3. The molecule has 2 aliphatic rings. The summed E-state index contributed by atoms with van der Waals surface area (Å²) in [6.07, 6.45) is 0.687. The third-order valence-corrected chi connectivity index (χ3v) is 5.53. The van der Waals surface area contributed by atoms with Crippen LogP contribution in [0.2, 0.25) is 0 Å². The van der Waals surface area contributed by atoms with E-state index in [-0.39, 0.29) is 6.10 Å². The van der Waals surface area contributed by atoms with Gasteiger partial charge in [0.05, 0.1) is 18.9 Å². The Hall–Kier alpha value is -2.24. The van der Waals surface area contributed by atoms with Crippen molar-refractivity contribution in [1.82, 2.24) is 4.90 Å². The average Bonchev–Trinajstić information content (AvgIpc) is 3.07. The predicted molar refractivity (Wildman–Crippen MR) is 107 cm³/mol. The molecule has 2 aromatic carbocycles. The number of benzene rings is 2. The van der Waals surface area contributed by atoms with E-state index in [0.717, 1.165) is 55.3 Å². The molecule has 4 rings (SSSR count). The van der Waals surface area contributed by atoms with Crippen molar-refractivity contribution in [2.45, 2.75) is 25.6 Å². The largest absolute Gasteiger partial charge is 0.495 e. The molecule has 0 spiro atoms. The summed E-state index contributed by atoms with van der Waals surface area (Å²) in [5, 5.41) is 10.7. The van der Waals surface area contributed by atoms with Crippen molar-refractivity contribution in [2.24, 2.45) is 0 Å². The number of piperazine rings is 1. The molecule has 2 heterocycles. The normalized spacial score (nSPS) is 20.9. The minimum Gasteiger partial charge on any atom is -0.495 e. The molecule has 1 fully saturated rings. The van der Waals surface area contributed by atoms with Gasteiger partial charge in [0.25, 0.3) is 0 Å². The molecule has 1 N–H and O–H groups in total. The van der Waals surface area contributed by atoms with Gasteiger partial charge in [-0.25, -0.2) is 0 Å². The van der Waals surface area contributed by atoms with Crippen LogP contribution < -0.4 is 14.4 Å². The van der Waals surface area contributed by atoms with Gasteiger partial charge in [0.1, 0.15) is 17.6 Å². The van der Waals surface area contributed by atoms with Crippen LogP contribution in [0, 0.1) is 0 Å². The lowest BCUT2D eigenvalue weighted by Crippen LogP contribution is -2.47. The number of anilines is 1. The Balaban J connectivity index is 1.35. The molecule has 2 aromatic rings. The summed E-state index contributed by atoms with van der Waals surface area (Å²) < 4.78 is 11.2. The monoisotopic (exact) mass is 368 g/mol. The fourth-order valence-corrected chi connectivity index (χ4v) is 4.06. The molecular weight excluding hydrogens is 340 g/mol. The summed E-state index contributed by atoms with van der Waals surface area (Å²) in [5.41, 5.74) is 3.34. The molecule has 0 aromatic heterocycles. The van der Waals surface area contributed by atoms with Crippen LogP contribution in [0.4, 0.5) is 5.69 Å². The number of fused-ring (bicyclic) bond motifs is 1. The van der Waals surface area contributed by atoms with E-state index in [4.69, 9.17) is 9.47 Å².